The molecule has 0 saturated carbocycles. The lowest BCUT2D eigenvalue weighted by Crippen LogP contribution is -2.57. The molecule has 4 heteroatoms. The second-order valence-corrected chi connectivity index (χ2v) is 7.76. The Balaban J connectivity index is 1.52. The van der Waals surface area contributed by atoms with Crippen molar-refractivity contribution < 1.29 is 4.79 Å². The molecular formula is C19H22N2OS. The van der Waals surface area contributed by atoms with Crippen molar-refractivity contribution in [3.05, 3.63) is 46.8 Å². The van der Waals surface area contributed by atoms with Gasteiger partial charge in [0, 0.05) is 17.5 Å². The van der Waals surface area contributed by atoms with E-state index in [4.69, 9.17) is 0 Å². The molecule has 5 rings (SSSR count). The summed E-state index contributed by atoms with van der Waals surface area (Å²) in [7, 11) is 0. The van der Waals surface area contributed by atoms with E-state index in [2.05, 4.69) is 28.4 Å². The van der Waals surface area contributed by atoms with Crippen LogP contribution in [0.25, 0.3) is 10.4 Å². The molecule has 0 spiro atoms. The van der Waals surface area contributed by atoms with Crippen LogP contribution in [0, 0.1) is 12.8 Å². The normalized spacial score (nSPS) is 26.2. The van der Waals surface area contributed by atoms with E-state index in [0.717, 1.165) is 17.0 Å². The molecule has 1 aromatic heterocycles. The van der Waals surface area contributed by atoms with Gasteiger partial charge in [-0.05, 0) is 56.0 Å². The van der Waals surface area contributed by atoms with Gasteiger partial charge in [-0.2, -0.15) is 0 Å². The predicted octanol–water partition coefficient (Wildman–Crippen LogP) is 3.55. The van der Waals surface area contributed by atoms with Crippen LogP contribution in [0.2, 0.25) is 0 Å². The monoisotopic (exact) mass is 326 g/mol. The summed E-state index contributed by atoms with van der Waals surface area (Å²) in [5, 5.41) is 3.30. The van der Waals surface area contributed by atoms with E-state index < -0.39 is 0 Å². The molecule has 0 radical (unpaired) electrons. The van der Waals surface area contributed by atoms with Crippen LogP contribution in [-0.4, -0.2) is 36.5 Å². The number of hydrogen-bond acceptors (Lipinski definition) is 3. The van der Waals surface area contributed by atoms with Gasteiger partial charge < -0.3 is 10.2 Å². The quantitative estimate of drug-likeness (QED) is 0.935. The molecule has 3 aliphatic heterocycles. The fraction of sp³-hybridized carbons (Fsp3) is 0.421. The molecule has 3 saturated heterocycles. The molecule has 3 nitrogen and oxygen atoms in total. The van der Waals surface area contributed by atoms with Crippen LogP contribution in [-0.2, 0) is 0 Å². The average molecular weight is 326 g/mol. The Hall–Kier alpha value is -1.65. The van der Waals surface area contributed by atoms with Gasteiger partial charge in [-0.25, -0.2) is 0 Å². The Bertz CT molecular complexity index is 701. The lowest BCUT2D eigenvalue weighted by molar-refractivity contribution is 0.0622. The number of carbonyl (C=O) groups excluding carboxylic acids is 1. The number of nitrogens with zero attached hydrogens (tertiary/aromatic N) is 1. The Morgan fingerprint density at radius 3 is 2.61 bits per heavy atom. The number of piperidine rings is 3. The smallest absolute Gasteiger partial charge is 0.261 e. The lowest BCUT2D eigenvalue weighted by Gasteiger charge is -2.44. The lowest BCUT2D eigenvalue weighted by atomic mass is 9.84. The Labute approximate surface area is 141 Å². The molecule has 3 fully saturated rings. The van der Waals surface area contributed by atoms with E-state index in [1.807, 2.05) is 25.1 Å². The number of aryl methyl sites for hydroxylation is 1. The number of fused-ring (bicyclic) bond motifs is 3. The molecule has 1 aromatic carbocycles. The summed E-state index contributed by atoms with van der Waals surface area (Å²) in [4.78, 5) is 17.2. The molecule has 1 N–H and O–H groups in total. The number of benzene rings is 1. The van der Waals surface area contributed by atoms with Crippen molar-refractivity contribution in [3.8, 4) is 10.4 Å². The van der Waals surface area contributed by atoms with Crippen LogP contribution in [0.5, 0.6) is 0 Å². The van der Waals surface area contributed by atoms with Crippen LogP contribution in [0.3, 0.4) is 0 Å². The molecule has 1 amide bonds. The maximum Gasteiger partial charge on any atom is 0.261 e. The molecule has 3 aliphatic rings. The van der Waals surface area contributed by atoms with Crippen molar-refractivity contribution >= 4 is 17.2 Å². The van der Waals surface area contributed by atoms with Gasteiger partial charge >= 0.3 is 0 Å². The maximum absolute atomic E-state index is 12.7. The summed E-state index contributed by atoms with van der Waals surface area (Å²) >= 11 is 1.60. The SMILES string of the molecule is Cc1cc(-c2ccccc2)sc1C(=O)N[C@H]1CN2CCC1CC2. The maximum atomic E-state index is 12.7. The average Bonchev–Trinajstić information content (AvgIpc) is 2.99. The summed E-state index contributed by atoms with van der Waals surface area (Å²) in [6.07, 6.45) is 2.45. The van der Waals surface area contributed by atoms with Crippen molar-refractivity contribution in [1.29, 1.82) is 0 Å². The number of thiophene rings is 1. The van der Waals surface area contributed by atoms with Gasteiger partial charge in [0.1, 0.15) is 0 Å². The molecular weight excluding hydrogens is 304 g/mol. The zero-order valence-corrected chi connectivity index (χ0v) is 14.2. The van der Waals surface area contributed by atoms with Gasteiger partial charge in [-0.1, -0.05) is 30.3 Å². The highest BCUT2D eigenvalue weighted by Crippen LogP contribution is 2.32. The van der Waals surface area contributed by atoms with Crippen molar-refractivity contribution in [2.75, 3.05) is 19.6 Å². The third-order valence-corrected chi connectivity index (χ3v) is 6.44. The van der Waals surface area contributed by atoms with Crippen LogP contribution >= 0.6 is 11.3 Å². The molecule has 4 heterocycles. The van der Waals surface area contributed by atoms with Crippen molar-refractivity contribution in [3.63, 3.8) is 0 Å². The summed E-state index contributed by atoms with van der Waals surface area (Å²) in [5.41, 5.74) is 2.26. The van der Waals surface area contributed by atoms with E-state index in [0.29, 0.717) is 12.0 Å². The number of carbonyl (C=O) groups is 1. The van der Waals surface area contributed by atoms with Crippen LogP contribution in [0.15, 0.2) is 36.4 Å². The topological polar surface area (TPSA) is 32.3 Å². The van der Waals surface area contributed by atoms with E-state index in [1.165, 1.54) is 36.4 Å². The molecule has 0 aliphatic carbocycles. The van der Waals surface area contributed by atoms with Crippen LogP contribution in [0.4, 0.5) is 0 Å². The van der Waals surface area contributed by atoms with E-state index in [1.54, 1.807) is 11.3 Å². The molecule has 2 bridgehead atoms. The predicted molar refractivity (Wildman–Crippen MR) is 94.9 cm³/mol. The fourth-order valence-electron chi connectivity index (χ4n) is 3.81. The number of rotatable bonds is 3. The van der Waals surface area contributed by atoms with Gasteiger partial charge in [0.25, 0.3) is 5.91 Å². The first-order chi connectivity index (χ1) is 11.2. The van der Waals surface area contributed by atoms with Gasteiger partial charge in [0.15, 0.2) is 0 Å². The first kappa shape index (κ1) is 14.9. The summed E-state index contributed by atoms with van der Waals surface area (Å²) in [5.74, 6) is 0.770. The second-order valence-electron chi connectivity index (χ2n) is 6.71. The highest BCUT2D eigenvalue weighted by atomic mass is 32.1. The minimum absolute atomic E-state index is 0.105. The van der Waals surface area contributed by atoms with Crippen molar-refractivity contribution in [2.45, 2.75) is 25.8 Å². The summed E-state index contributed by atoms with van der Waals surface area (Å²) < 4.78 is 0. The molecule has 23 heavy (non-hydrogen) atoms. The third kappa shape index (κ3) is 2.93. The third-order valence-electron chi connectivity index (χ3n) is 5.15. The second kappa shape index (κ2) is 6.10. The van der Waals surface area contributed by atoms with E-state index in [9.17, 15) is 4.79 Å². The standard InChI is InChI=1S/C19H22N2OS/c1-13-11-17(15-5-3-2-4-6-15)23-18(13)19(22)20-16-12-21-9-7-14(16)8-10-21/h2-6,11,14,16H,7-10,12H2,1H3,(H,20,22)/t16-/m0/s1. The zero-order chi connectivity index (χ0) is 15.8. The van der Waals surface area contributed by atoms with E-state index in [-0.39, 0.29) is 5.91 Å². The number of nitrogens with one attached hydrogen (secondary N) is 1. The fourth-order valence-corrected chi connectivity index (χ4v) is 4.90. The van der Waals surface area contributed by atoms with Crippen molar-refractivity contribution in [1.82, 2.24) is 10.2 Å². The van der Waals surface area contributed by atoms with Gasteiger partial charge in [-0.3, -0.25) is 4.79 Å². The van der Waals surface area contributed by atoms with Gasteiger partial charge in [0.05, 0.1) is 4.88 Å². The van der Waals surface area contributed by atoms with Crippen LogP contribution < -0.4 is 5.32 Å². The zero-order valence-electron chi connectivity index (χ0n) is 13.4. The minimum Gasteiger partial charge on any atom is -0.347 e. The minimum atomic E-state index is 0.105. The van der Waals surface area contributed by atoms with Gasteiger partial charge in [0.2, 0.25) is 0 Å². The number of amides is 1. The highest BCUT2D eigenvalue weighted by Gasteiger charge is 2.35. The summed E-state index contributed by atoms with van der Waals surface area (Å²) in [6.45, 7) is 5.46. The molecule has 0 unspecified atom stereocenters. The highest BCUT2D eigenvalue weighted by molar-refractivity contribution is 7.17. The first-order valence-electron chi connectivity index (χ1n) is 8.40. The van der Waals surface area contributed by atoms with Crippen molar-refractivity contribution in [2.24, 2.45) is 5.92 Å². The molecule has 2 aromatic rings. The first-order valence-corrected chi connectivity index (χ1v) is 9.21. The number of hydrogen-bond donors (Lipinski definition) is 1. The largest absolute Gasteiger partial charge is 0.347 e. The molecule has 1 atom stereocenters. The van der Waals surface area contributed by atoms with Crippen LogP contribution in [0.1, 0.15) is 28.1 Å². The van der Waals surface area contributed by atoms with Gasteiger partial charge in [-0.15, -0.1) is 11.3 Å². The molecule has 120 valence electrons. The Kier molecular flexibility index (Phi) is 3.95. The summed E-state index contributed by atoms with van der Waals surface area (Å²) in [6, 6.07) is 12.7. The van der Waals surface area contributed by atoms with E-state index >= 15 is 0 Å². The Morgan fingerprint density at radius 2 is 1.96 bits per heavy atom. The Morgan fingerprint density at radius 1 is 1.22 bits per heavy atom.